The van der Waals surface area contributed by atoms with Crippen molar-refractivity contribution in [3.8, 4) is 0 Å². The SMILES string of the molecule is C=CC.Cc1cc(C)c(SSc2c(C)cc(C)cc2C)c(C)c1. The summed E-state index contributed by atoms with van der Waals surface area (Å²) < 4.78 is 0. The van der Waals surface area contributed by atoms with Gasteiger partial charge in [0.05, 0.1) is 0 Å². The lowest BCUT2D eigenvalue weighted by molar-refractivity contribution is 1.19. The fourth-order valence-electron chi connectivity index (χ4n) is 2.68. The van der Waals surface area contributed by atoms with Gasteiger partial charge in [0.25, 0.3) is 0 Å². The van der Waals surface area contributed by atoms with Crippen molar-refractivity contribution < 1.29 is 0 Å². The average Bonchev–Trinajstić information content (AvgIpc) is 2.40. The van der Waals surface area contributed by atoms with Crippen LogP contribution in [0, 0.1) is 41.5 Å². The highest BCUT2D eigenvalue weighted by Crippen LogP contribution is 2.43. The van der Waals surface area contributed by atoms with Crippen LogP contribution in [0.25, 0.3) is 0 Å². The van der Waals surface area contributed by atoms with Gasteiger partial charge in [-0.3, -0.25) is 0 Å². The highest BCUT2D eigenvalue weighted by atomic mass is 33.1. The second-order valence-electron chi connectivity index (χ2n) is 6.03. The molecule has 0 aliphatic carbocycles. The first-order chi connectivity index (χ1) is 10.8. The third kappa shape index (κ3) is 5.78. The van der Waals surface area contributed by atoms with Crippen LogP contribution in [0.5, 0.6) is 0 Å². The van der Waals surface area contributed by atoms with Gasteiger partial charge in [-0.15, -0.1) is 6.58 Å². The maximum absolute atomic E-state index is 3.36. The summed E-state index contributed by atoms with van der Waals surface area (Å²) in [4.78, 5) is 2.81. The van der Waals surface area contributed by atoms with Crippen LogP contribution < -0.4 is 0 Å². The smallest absolute Gasteiger partial charge is 0.0244 e. The lowest BCUT2D eigenvalue weighted by atomic mass is 10.1. The number of benzene rings is 2. The van der Waals surface area contributed by atoms with Gasteiger partial charge in [-0.1, -0.05) is 63.1 Å². The number of hydrogen-bond donors (Lipinski definition) is 0. The molecule has 0 fully saturated rings. The van der Waals surface area contributed by atoms with E-state index in [0.29, 0.717) is 0 Å². The van der Waals surface area contributed by atoms with Crippen LogP contribution >= 0.6 is 21.6 Å². The van der Waals surface area contributed by atoms with E-state index in [1.54, 1.807) is 6.08 Å². The summed E-state index contributed by atoms with van der Waals surface area (Å²) in [6.07, 6.45) is 1.75. The molecule has 0 nitrogen and oxygen atoms in total. The first kappa shape index (κ1) is 19.9. The summed E-state index contributed by atoms with van der Waals surface area (Å²) >= 11 is 0. The molecule has 0 aromatic heterocycles. The van der Waals surface area contributed by atoms with Crippen molar-refractivity contribution in [1.82, 2.24) is 0 Å². The van der Waals surface area contributed by atoms with Crippen LogP contribution in [0.15, 0.2) is 46.7 Å². The maximum atomic E-state index is 3.36. The predicted molar refractivity (Wildman–Crippen MR) is 109 cm³/mol. The molecule has 0 amide bonds. The maximum Gasteiger partial charge on any atom is 0.0244 e. The molecule has 0 heterocycles. The van der Waals surface area contributed by atoms with Crippen molar-refractivity contribution in [2.45, 2.75) is 58.3 Å². The van der Waals surface area contributed by atoms with Gasteiger partial charge in [-0.05, 0) is 70.7 Å². The van der Waals surface area contributed by atoms with Crippen LogP contribution in [-0.4, -0.2) is 0 Å². The van der Waals surface area contributed by atoms with Crippen molar-refractivity contribution in [2.24, 2.45) is 0 Å². The molecule has 0 N–H and O–H groups in total. The number of hydrogen-bond acceptors (Lipinski definition) is 2. The molecular weight excluding hydrogens is 316 g/mol. The van der Waals surface area contributed by atoms with E-state index in [1.165, 1.54) is 43.2 Å². The van der Waals surface area contributed by atoms with Crippen molar-refractivity contribution in [3.05, 3.63) is 70.3 Å². The van der Waals surface area contributed by atoms with Gasteiger partial charge in [-0.2, -0.15) is 0 Å². The standard InChI is InChI=1S/C18H22S2.C3H6/c1-11-7-13(3)17(14(4)8-11)19-20-18-15(5)9-12(2)10-16(18)6;1-3-2/h7-10H,1-6H3;3H,1H2,2H3. The Labute approximate surface area is 150 Å². The predicted octanol–water partition coefficient (Wildman–Crippen LogP) is 7.53. The summed E-state index contributed by atoms with van der Waals surface area (Å²) in [6.45, 7) is 18.4. The lowest BCUT2D eigenvalue weighted by Crippen LogP contribution is -1.88. The van der Waals surface area contributed by atoms with E-state index in [1.807, 2.05) is 28.5 Å². The molecule has 23 heavy (non-hydrogen) atoms. The first-order valence-electron chi connectivity index (χ1n) is 7.87. The third-order valence-corrected chi connectivity index (χ3v) is 6.37. The van der Waals surface area contributed by atoms with E-state index in [9.17, 15) is 0 Å². The largest absolute Gasteiger partial charge is 0.103 e. The minimum atomic E-state index is 1.34. The summed E-state index contributed by atoms with van der Waals surface area (Å²) in [5.74, 6) is 0. The second kappa shape index (κ2) is 9.24. The number of allylic oxidation sites excluding steroid dienone is 1. The van der Waals surface area contributed by atoms with E-state index in [4.69, 9.17) is 0 Å². The highest BCUT2D eigenvalue weighted by molar-refractivity contribution is 8.76. The van der Waals surface area contributed by atoms with Crippen molar-refractivity contribution in [2.75, 3.05) is 0 Å². The van der Waals surface area contributed by atoms with E-state index < -0.39 is 0 Å². The minimum absolute atomic E-state index is 1.34. The van der Waals surface area contributed by atoms with Gasteiger partial charge in [0, 0.05) is 9.79 Å². The van der Waals surface area contributed by atoms with Crippen LogP contribution in [0.1, 0.15) is 40.3 Å². The molecule has 2 aromatic carbocycles. The molecule has 0 bridgehead atoms. The molecule has 0 atom stereocenters. The fourth-order valence-corrected chi connectivity index (χ4v) is 5.69. The van der Waals surface area contributed by atoms with Gasteiger partial charge < -0.3 is 0 Å². The Hall–Kier alpha value is -1.12. The zero-order chi connectivity index (χ0) is 17.6. The molecule has 0 saturated carbocycles. The fraction of sp³-hybridized carbons (Fsp3) is 0.333. The molecule has 2 rings (SSSR count). The Bertz CT molecular complexity index is 581. The van der Waals surface area contributed by atoms with Crippen LogP contribution in [0.4, 0.5) is 0 Å². The molecule has 0 saturated heterocycles. The Kier molecular flexibility index (Phi) is 8.01. The zero-order valence-electron chi connectivity index (χ0n) is 15.4. The molecule has 0 aliphatic heterocycles. The molecule has 0 aliphatic rings. The summed E-state index contributed by atoms with van der Waals surface area (Å²) in [5.41, 5.74) is 8.20. The topological polar surface area (TPSA) is 0 Å². The quantitative estimate of drug-likeness (QED) is 0.417. The minimum Gasteiger partial charge on any atom is -0.103 e. The summed E-state index contributed by atoms with van der Waals surface area (Å²) in [6, 6.07) is 9.07. The van der Waals surface area contributed by atoms with Crippen LogP contribution in [0.3, 0.4) is 0 Å². The summed E-state index contributed by atoms with van der Waals surface area (Å²) in [7, 11) is 3.77. The van der Waals surface area contributed by atoms with E-state index in [-0.39, 0.29) is 0 Å². The van der Waals surface area contributed by atoms with Gasteiger partial charge in [0.1, 0.15) is 0 Å². The van der Waals surface area contributed by atoms with Crippen molar-refractivity contribution in [1.29, 1.82) is 0 Å². The first-order valence-corrected chi connectivity index (χ1v) is 10.0. The zero-order valence-corrected chi connectivity index (χ0v) is 17.0. The Balaban J connectivity index is 0.000000816. The molecule has 2 heteroatoms. The average molecular weight is 345 g/mol. The third-order valence-electron chi connectivity index (χ3n) is 3.42. The van der Waals surface area contributed by atoms with Gasteiger partial charge in [-0.25, -0.2) is 0 Å². The Morgan fingerprint density at radius 2 is 0.870 bits per heavy atom. The number of aryl methyl sites for hydroxylation is 6. The summed E-state index contributed by atoms with van der Waals surface area (Å²) in [5, 5.41) is 0. The van der Waals surface area contributed by atoms with Crippen molar-refractivity contribution >= 4 is 21.6 Å². The molecular formula is C21H28S2. The lowest BCUT2D eigenvalue weighted by Gasteiger charge is -2.13. The second-order valence-corrected chi connectivity index (χ2v) is 8.18. The molecule has 0 radical (unpaired) electrons. The Morgan fingerprint density at radius 3 is 1.09 bits per heavy atom. The van der Waals surface area contributed by atoms with Gasteiger partial charge in [0.15, 0.2) is 0 Å². The molecule has 0 unspecified atom stereocenters. The number of rotatable bonds is 3. The van der Waals surface area contributed by atoms with E-state index in [0.717, 1.165) is 0 Å². The van der Waals surface area contributed by atoms with E-state index in [2.05, 4.69) is 72.4 Å². The molecule has 2 aromatic rings. The normalized spacial score (nSPS) is 10.0. The highest BCUT2D eigenvalue weighted by Gasteiger charge is 2.09. The van der Waals surface area contributed by atoms with Crippen LogP contribution in [0.2, 0.25) is 0 Å². The van der Waals surface area contributed by atoms with Gasteiger partial charge in [0.2, 0.25) is 0 Å². The van der Waals surface area contributed by atoms with Gasteiger partial charge >= 0.3 is 0 Å². The molecule has 124 valence electrons. The van der Waals surface area contributed by atoms with E-state index >= 15 is 0 Å². The Morgan fingerprint density at radius 1 is 0.652 bits per heavy atom. The molecule has 0 spiro atoms. The van der Waals surface area contributed by atoms with Crippen LogP contribution in [-0.2, 0) is 0 Å². The van der Waals surface area contributed by atoms with Crippen molar-refractivity contribution in [3.63, 3.8) is 0 Å². The monoisotopic (exact) mass is 344 g/mol.